The maximum Gasteiger partial charge on any atom is 0.416 e. The lowest BCUT2D eigenvalue weighted by Gasteiger charge is -2.12. The number of halogens is 3. The normalized spacial score (nSPS) is 11.1. The number of aromatic nitrogens is 1. The second-order valence-electron chi connectivity index (χ2n) is 3.41. The van der Waals surface area contributed by atoms with Crippen LogP contribution < -0.4 is 22.3 Å². The minimum Gasteiger partial charge on any atom is -0.370 e. The molecule has 0 unspecified atom stereocenters. The molecular formula is C9H12F3N5O. The van der Waals surface area contributed by atoms with E-state index in [4.69, 9.17) is 11.6 Å². The number of hydrogen-bond acceptors (Lipinski definition) is 5. The highest BCUT2D eigenvalue weighted by Crippen LogP contribution is 2.31. The Morgan fingerprint density at radius 1 is 1.33 bits per heavy atom. The van der Waals surface area contributed by atoms with Crippen LogP contribution in [0, 0.1) is 0 Å². The van der Waals surface area contributed by atoms with Gasteiger partial charge in [0.1, 0.15) is 11.6 Å². The second-order valence-corrected chi connectivity index (χ2v) is 3.41. The molecule has 1 aromatic heterocycles. The minimum absolute atomic E-state index is 0.0106. The van der Waals surface area contributed by atoms with E-state index in [1.165, 1.54) is 0 Å². The smallest absolute Gasteiger partial charge is 0.370 e. The van der Waals surface area contributed by atoms with Gasteiger partial charge < -0.3 is 16.5 Å². The highest BCUT2D eigenvalue weighted by Gasteiger charge is 2.31. The fourth-order valence-electron chi connectivity index (χ4n) is 1.17. The number of alkyl halides is 3. The van der Waals surface area contributed by atoms with E-state index in [0.29, 0.717) is 0 Å². The first-order chi connectivity index (χ1) is 8.32. The highest BCUT2D eigenvalue weighted by atomic mass is 19.4. The number of nitrogens with one attached hydrogen (secondary N) is 2. The molecule has 9 heteroatoms. The van der Waals surface area contributed by atoms with E-state index in [1.807, 2.05) is 5.43 Å². The summed E-state index contributed by atoms with van der Waals surface area (Å²) in [7, 11) is 0. The van der Waals surface area contributed by atoms with E-state index < -0.39 is 17.6 Å². The Kier molecular flexibility index (Phi) is 4.32. The number of carbonyl (C=O) groups is 1. The molecule has 0 fully saturated rings. The summed E-state index contributed by atoms with van der Waals surface area (Å²) in [5.41, 5.74) is 6.04. The third kappa shape index (κ3) is 4.09. The predicted octanol–water partition coefficient (Wildman–Crippen LogP) is 0.673. The van der Waals surface area contributed by atoms with Gasteiger partial charge >= 0.3 is 6.18 Å². The molecule has 1 rings (SSSR count). The van der Waals surface area contributed by atoms with Gasteiger partial charge in [-0.15, -0.1) is 0 Å². The molecule has 0 atom stereocenters. The topological polar surface area (TPSA) is 106 Å². The van der Waals surface area contributed by atoms with Crippen molar-refractivity contribution in [3.63, 3.8) is 0 Å². The molecule has 1 aromatic rings. The van der Waals surface area contributed by atoms with Crippen molar-refractivity contribution in [1.82, 2.24) is 4.98 Å². The van der Waals surface area contributed by atoms with E-state index >= 15 is 0 Å². The summed E-state index contributed by atoms with van der Waals surface area (Å²) in [5, 5.41) is 2.56. The fraction of sp³-hybridized carbons (Fsp3) is 0.333. The average Bonchev–Trinajstić information content (AvgIpc) is 2.27. The molecule has 1 amide bonds. The number of carbonyl (C=O) groups excluding carboxylic acids is 1. The molecule has 0 aliphatic rings. The van der Waals surface area contributed by atoms with Crippen molar-refractivity contribution in [2.24, 2.45) is 11.6 Å². The molecule has 0 aliphatic carbocycles. The van der Waals surface area contributed by atoms with Gasteiger partial charge in [0.15, 0.2) is 0 Å². The minimum atomic E-state index is -4.51. The van der Waals surface area contributed by atoms with Crippen LogP contribution in [0.25, 0.3) is 0 Å². The molecule has 6 nitrogen and oxygen atoms in total. The van der Waals surface area contributed by atoms with Crippen molar-refractivity contribution < 1.29 is 18.0 Å². The number of nitrogen functional groups attached to an aromatic ring is 1. The van der Waals surface area contributed by atoms with E-state index in [0.717, 1.165) is 12.1 Å². The number of nitrogens with zero attached hydrogens (tertiary/aromatic N) is 1. The predicted molar refractivity (Wildman–Crippen MR) is 59.4 cm³/mol. The van der Waals surface area contributed by atoms with Gasteiger partial charge in [-0.05, 0) is 12.1 Å². The molecule has 0 saturated carbocycles. The summed E-state index contributed by atoms with van der Waals surface area (Å²) < 4.78 is 37.6. The number of hydrazine groups is 1. The zero-order valence-corrected chi connectivity index (χ0v) is 9.21. The van der Waals surface area contributed by atoms with Crippen molar-refractivity contribution in [2.75, 3.05) is 17.3 Å². The number of hydrogen-bond donors (Lipinski definition) is 4. The summed E-state index contributed by atoms with van der Waals surface area (Å²) in [6.07, 6.45) is -4.52. The zero-order chi connectivity index (χ0) is 13.8. The van der Waals surface area contributed by atoms with E-state index in [9.17, 15) is 18.0 Å². The Morgan fingerprint density at radius 2 is 1.94 bits per heavy atom. The van der Waals surface area contributed by atoms with Gasteiger partial charge in [0.05, 0.1) is 5.56 Å². The van der Waals surface area contributed by atoms with Crippen LogP contribution in [0.1, 0.15) is 12.0 Å². The van der Waals surface area contributed by atoms with Crippen LogP contribution in [0.15, 0.2) is 12.1 Å². The van der Waals surface area contributed by atoms with E-state index in [-0.39, 0.29) is 24.6 Å². The molecule has 0 bridgehead atoms. The van der Waals surface area contributed by atoms with Crippen molar-refractivity contribution >= 4 is 17.5 Å². The van der Waals surface area contributed by atoms with Crippen molar-refractivity contribution in [1.29, 1.82) is 0 Å². The molecule has 100 valence electrons. The van der Waals surface area contributed by atoms with Crippen LogP contribution in [0.3, 0.4) is 0 Å². The third-order valence-corrected chi connectivity index (χ3v) is 1.98. The van der Waals surface area contributed by atoms with Crippen LogP contribution in [0.5, 0.6) is 0 Å². The number of rotatable bonds is 5. The Balaban J connectivity index is 2.87. The summed E-state index contributed by atoms with van der Waals surface area (Å²) in [4.78, 5) is 14.3. The molecule has 0 radical (unpaired) electrons. The van der Waals surface area contributed by atoms with Crippen LogP contribution in [0.4, 0.5) is 24.8 Å². The summed E-state index contributed by atoms with van der Waals surface area (Å²) >= 11 is 0. The molecule has 18 heavy (non-hydrogen) atoms. The Morgan fingerprint density at radius 3 is 2.44 bits per heavy atom. The lowest BCUT2D eigenvalue weighted by atomic mass is 10.2. The van der Waals surface area contributed by atoms with Gasteiger partial charge in [0.2, 0.25) is 5.91 Å². The first-order valence-corrected chi connectivity index (χ1v) is 4.91. The van der Waals surface area contributed by atoms with E-state index in [2.05, 4.69) is 10.3 Å². The lowest BCUT2D eigenvalue weighted by Crippen LogP contribution is -2.17. The molecule has 0 spiro atoms. The second kappa shape index (κ2) is 5.54. The summed E-state index contributed by atoms with van der Waals surface area (Å²) in [6.45, 7) is 0.0909. The van der Waals surface area contributed by atoms with Crippen LogP contribution >= 0.6 is 0 Å². The SMILES string of the molecule is NNc1cc(C(F)(F)F)cc(NCCC(N)=O)n1. The van der Waals surface area contributed by atoms with Gasteiger partial charge in [0.25, 0.3) is 0 Å². The lowest BCUT2D eigenvalue weighted by molar-refractivity contribution is -0.137. The van der Waals surface area contributed by atoms with Crippen LogP contribution in [0.2, 0.25) is 0 Å². The van der Waals surface area contributed by atoms with Gasteiger partial charge in [0, 0.05) is 13.0 Å². The molecular weight excluding hydrogens is 251 g/mol. The molecule has 0 aromatic carbocycles. The Hall–Kier alpha value is -2.03. The number of primary amides is 1. The van der Waals surface area contributed by atoms with Crippen LogP contribution in [-0.4, -0.2) is 17.4 Å². The number of nitrogens with two attached hydrogens (primary N) is 2. The zero-order valence-electron chi connectivity index (χ0n) is 9.21. The highest BCUT2D eigenvalue weighted by molar-refractivity contribution is 5.74. The van der Waals surface area contributed by atoms with E-state index in [1.54, 1.807) is 0 Å². The third-order valence-electron chi connectivity index (χ3n) is 1.98. The van der Waals surface area contributed by atoms with Gasteiger partial charge in [-0.1, -0.05) is 0 Å². The maximum atomic E-state index is 12.5. The standard InChI is InChI=1S/C9H12F3N5O/c10-9(11,12)5-3-7(15-2-1-6(13)18)16-8(4-5)17-14/h3-4H,1-2,14H2,(H2,13,18)(H2,15,16,17). The molecule has 6 N–H and O–H groups in total. The van der Waals surface area contributed by atoms with Crippen LogP contribution in [-0.2, 0) is 11.0 Å². The molecule has 0 aliphatic heterocycles. The first kappa shape index (κ1) is 14.0. The van der Waals surface area contributed by atoms with Gasteiger partial charge in [-0.3, -0.25) is 4.79 Å². The molecule has 1 heterocycles. The summed E-state index contributed by atoms with van der Waals surface area (Å²) in [6, 6.07) is 1.60. The number of amides is 1. The van der Waals surface area contributed by atoms with Gasteiger partial charge in [-0.2, -0.15) is 13.2 Å². The van der Waals surface area contributed by atoms with Crippen molar-refractivity contribution in [3.8, 4) is 0 Å². The van der Waals surface area contributed by atoms with Crippen molar-refractivity contribution in [3.05, 3.63) is 17.7 Å². The number of pyridine rings is 1. The summed E-state index contributed by atoms with van der Waals surface area (Å²) in [5.74, 6) is 4.29. The quantitative estimate of drug-likeness (QED) is 0.461. The Labute approximate surface area is 101 Å². The van der Waals surface area contributed by atoms with Crippen molar-refractivity contribution in [2.45, 2.75) is 12.6 Å². The fourth-order valence-corrected chi connectivity index (χ4v) is 1.17. The largest absolute Gasteiger partial charge is 0.416 e. The molecule has 0 saturated heterocycles. The van der Waals surface area contributed by atoms with Gasteiger partial charge in [-0.25, -0.2) is 10.8 Å². The first-order valence-electron chi connectivity index (χ1n) is 4.91. The monoisotopic (exact) mass is 263 g/mol. The maximum absolute atomic E-state index is 12.5. The average molecular weight is 263 g/mol. The Bertz CT molecular complexity index is 435. The number of anilines is 2.